The first kappa shape index (κ1) is 13.8. The maximum Gasteiger partial charge on any atom is 0.338 e. The first-order valence-corrected chi connectivity index (χ1v) is 6.65. The Balaban J connectivity index is 2.49. The molecule has 0 amide bonds. The summed E-state index contributed by atoms with van der Waals surface area (Å²) >= 11 is 1.86. The fourth-order valence-corrected chi connectivity index (χ4v) is 1.99. The number of carbonyl (C=O) groups is 1. The molecule has 0 saturated heterocycles. The van der Waals surface area contributed by atoms with Gasteiger partial charge in [0.2, 0.25) is 0 Å². The second-order valence-corrected chi connectivity index (χ2v) is 4.87. The number of halogens is 1. The summed E-state index contributed by atoms with van der Waals surface area (Å²) in [7, 11) is 0. The number of nitrogens with one attached hydrogen (secondary N) is 1. The summed E-state index contributed by atoms with van der Waals surface area (Å²) in [5.41, 5.74) is 0.350. The lowest BCUT2D eigenvalue weighted by Gasteiger charge is -2.07. The largest absolute Gasteiger partial charge is 0.478 e. The molecule has 0 atom stereocenters. The predicted octanol–water partition coefficient (Wildman–Crippen LogP) is 3.08. The molecule has 0 spiro atoms. The van der Waals surface area contributed by atoms with Crippen LogP contribution in [0.15, 0.2) is 18.2 Å². The van der Waals surface area contributed by atoms with Crippen LogP contribution in [0.3, 0.4) is 0 Å². The van der Waals surface area contributed by atoms with Crippen molar-refractivity contribution in [2.75, 3.05) is 23.4 Å². The Labute approximate surface area is 104 Å². The molecule has 0 heterocycles. The Morgan fingerprint density at radius 1 is 1.53 bits per heavy atom. The van der Waals surface area contributed by atoms with Crippen molar-refractivity contribution in [3.8, 4) is 0 Å². The smallest absolute Gasteiger partial charge is 0.338 e. The number of benzene rings is 1. The molecule has 0 saturated carbocycles. The first-order valence-electron chi connectivity index (χ1n) is 5.49. The second-order valence-electron chi connectivity index (χ2n) is 3.48. The van der Waals surface area contributed by atoms with Crippen molar-refractivity contribution in [2.45, 2.75) is 13.3 Å². The molecule has 94 valence electrons. The Morgan fingerprint density at radius 2 is 2.29 bits per heavy atom. The average Bonchev–Trinajstić information content (AvgIpc) is 2.30. The van der Waals surface area contributed by atoms with Crippen LogP contribution in [0.1, 0.15) is 23.7 Å². The highest BCUT2D eigenvalue weighted by molar-refractivity contribution is 7.99. The molecular weight excluding hydrogens is 241 g/mol. The predicted molar refractivity (Wildman–Crippen MR) is 69.5 cm³/mol. The summed E-state index contributed by atoms with van der Waals surface area (Å²) in [5, 5.41) is 11.8. The van der Waals surface area contributed by atoms with Crippen molar-refractivity contribution in [3.05, 3.63) is 29.6 Å². The van der Waals surface area contributed by atoms with Crippen LogP contribution in [-0.2, 0) is 0 Å². The quantitative estimate of drug-likeness (QED) is 0.737. The topological polar surface area (TPSA) is 49.3 Å². The molecule has 17 heavy (non-hydrogen) atoms. The summed E-state index contributed by atoms with van der Waals surface area (Å²) in [6.07, 6.45) is 0.998. The molecule has 0 aliphatic carbocycles. The molecule has 0 radical (unpaired) electrons. The van der Waals surface area contributed by atoms with Gasteiger partial charge in [-0.2, -0.15) is 11.8 Å². The average molecular weight is 257 g/mol. The lowest BCUT2D eigenvalue weighted by Crippen LogP contribution is -2.06. The van der Waals surface area contributed by atoms with Crippen molar-refractivity contribution in [3.63, 3.8) is 0 Å². The summed E-state index contributed by atoms with van der Waals surface area (Å²) in [6, 6.07) is 4.05. The fraction of sp³-hybridized carbons (Fsp3) is 0.417. The Kier molecular flexibility index (Phi) is 5.83. The van der Waals surface area contributed by atoms with Gasteiger partial charge in [0, 0.05) is 12.2 Å². The third kappa shape index (κ3) is 4.65. The zero-order valence-corrected chi connectivity index (χ0v) is 10.5. The lowest BCUT2D eigenvalue weighted by molar-refractivity contribution is 0.0692. The number of anilines is 1. The minimum absolute atomic E-state index is 0.294. The van der Waals surface area contributed by atoms with E-state index in [0.717, 1.165) is 24.5 Å². The van der Waals surface area contributed by atoms with Gasteiger partial charge in [-0.05, 0) is 36.1 Å². The first-order chi connectivity index (χ1) is 8.15. The minimum atomic E-state index is -1.24. The number of aromatic carboxylic acids is 1. The van der Waals surface area contributed by atoms with Crippen molar-refractivity contribution in [1.82, 2.24) is 0 Å². The van der Waals surface area contributed by atoms with Gasteiger partial charge in [-0.3, -0.25) is 0 Å². The van der Waals surface area contributed by atoms with E-state index in [1.807, 2.05) is 11.8 Å². The molecule has 1 aromatic carbocycles. The standard InChI is InChI=1S/C12H16FNO2S/c1-2-17-7-3-6-14-9-4-5-11(13)10(8-9)12(15)16/h4-5,8,14H,2-3,6-7H2,1H3,(H,15,16). The monoisotopic (exact) mass is 257 g/mol. The van der Waals surface area contributed by atoms with Gasteiger partial charge in [0.05, 0.1) is 5.56 Å². The molecule has 0 aromatic heterocycles. The van der Waals surface area contributed by atoms with Gasteiger partial charge in [-0.25, -0.2) is 9.18 Å². The molecule has 5 heteroatoms. The van der Waals surface area contributed by atoms with E-state index in [1.165, 1.54) is 12.1 Å². The molecular formula is C12H16FNO2S. The van der Waals surface area contributed by atoms with Crippen molar-refractivity contribution >= 4 is 23.4 Å². The van der Waals surface area contributed by atoms with Crippen LogP contribution < -0.4 is 5.32 Å². The van der Waals surface area contributed by atoms with E-state index >= 15 is 0 Å². The highest BCUT2D eigenvalue weighted by Crippen LogP contribution is 2.15. The summed E-state index contributed by atoms with van der Waals surface area (Å²) in [4.78, 5) is 10.7. The van der Waals surface area contributed by atoms with E-state index in [0.29, 0.717) is 5.69 Å². The van der Waals surface area contributed by atoms with E-state index in [9.17, 15) is 9.18 Å². The van der Waals surface area contributed by atoms with E-state index in [-0.39, 0.29) is 5.56 Å². The summed E-state index contributed by atoms with van der Waals surface area (Å²) in [5.74, 6) is 0.216. The van der Waals surface area contributed by atoms with Crippen LogP contribution in [-0.4, -0.2) is 29.1 Å². The number of carboxylic acids is 1. The zero-order valence-electron chi connectivity index (χ0n) is 9.70. The van der Waals surface area contributed by atoms with Gasteiger partial charge in [-0.15, -0.1) is 0 Å². The zero-order chi connectivity index (χ0) is 12.7. The SMILES string of the molecule is CCSCCCNc1ccc(F)c(C(=O)O)c1. The molecule has 1 rings (SSSR count). The number of thioether (sulfide) groups is 1. The number of rotatable bonds is 7. The fourth-order valence-electron chi connectivity index (χ4n) is 1.35. The third-order valence-corrected chi connectivity index (χ3v) is 3.18. The maximum atomic E-state index is 13.1. The van der Waals surface area contributed by atoms with Crippen LogP contribution in [0.5, 0.6) is 0 Å². The molecule has 0 fully saturated rings. The van der Waals surface area contributed by atoms with E-state index in [1.54, 1.807) is 6.07 Å². The van der Waals surface area contributed by atoms with Crippen molar-refractivity contribution in [2.24, 2.45) is 0 Å². The summed E-state index contributed by atoms with van der Waals surface area (Å²) < 4.78 is 13.1. The van der Waals surface area contributed by atoms with Gasteiger partial charge in [-0.1, -0.05) is 6.92 Å². The highest BCUT2D eigenvalue weighted by Gasteiger charge is 2.10. The second kappa shape index (κ2) is 7.17. The van der Waals surface area contributed by atoms with Gasteiger partial charge >= 0.3 is 5.97 Å². The van der Waals surface area contributed by atoms with Crippen LogP contribution in [0.2, 0.25) is 0 Å². The van der Waals surface area contributed by atoms with Gasteiger partial charge in [0.1, 0.15) is 5.82 Å². The molecule has 0 aliphatic heterocycles. The van der Waals surface area contributed by atoms with Crippen LogP contribution in [0.25, 0.3) is 0 Å². The van der Waals surface area contributed by atoms with Crippen LogP contribution >= 0.6 is 11.8 Å². The lowest BCUT2D eigenvalue weighted by atomic mass is 10.2. The Morgan fingerprint density at radius 3 is 2.94 bits per heavy atom. The number of hydrogen-bond donors (Lipinski definition) is 2. The molecule has 3 nitrogen and oxygen atoms in total. The van der Waals surface area contributed by atoms with Gasteiger partial charge in [0.15, 0.2) is 0 Å². The van der Waals surface area contributed by atoms with E-state index in [4.69, 9.17) is 5.11 Å². The van der Waals surface area contributed by atoms with E-state index < -0.39 is 11.8 Å². The molecule has 0 unspecified atom stereocenters. The van der Waals surface area contributed by atoms with Crippen molar-refractivity contribution in [1.29, 1.82) is 0 Å². The van der Waals surface area contributed by atoms with Crippen molar-refractivity contribution < 1.29 is 14.3 Å². The van der Waals surface area contributed by atoms with Crippen LogP contribution in [0, 0.1) is 5.82 Å². The normalized spacial score (nSPS) is 10.2. The number of hydrogen-bond acceptors (Lipinski definition) is 3. The number of carboxylic acid groups (broad SMARTS) is 1. The Hall–Kier alpha value is -1.23. The van der Waals surface area contributed by atoms with E-state index in [2.05, 4.69) is 12.2 Å². The molecule has 1 aromatic rings. The molecule has 0 bridgehead atoms. The third-order valence-electron chi connectivity index (χ3n) is 2.20. The molecule has 0 aliphatic rings. The van der Waals surface area contributed by atoms with Gasteiger partial charge in [0.25, 0.3) is 0 Å². The van der Waals surface area contributed by atoms with Crippen LogP contribution in [0.4, 0.5) is 10.1 Å². The highest BCUT2D eigenvalue weighted by atomic mass is 32.2. The minimum Gasteiger partial charge on any atom is -0.478 e. The summed E-state index contributed by atoms with van der Waals surface area (Å²) in [6.45, 7) is 2.87. The Bertz CT molecular complexity index is 385. The molecule has 2 N–H and O–H groups in total. The van der Waals surface area contributed by atoms with Gasteiger partial charge < -0.3 is 10.4 Å². The maximum absolute atomic E-state index is 13.1.